The minimum Gasteiger partial charge on any atom is -0.497 e. The van der Waals surface area contributed by atoms with Crippen molar-refractivity contribution in [2.75, 3.05) is 7.11 Å². The number of allylic oxidation sites excluding steroid dienone is 1. The van der Waals surface area contributed by atoms with Gasteiger partial charge in [-0.3, -0.25) is 4.79 Å². The number of hydrogen-bond acceptors (Lipinski definition) is 4. The number of rotatable bonds is 4. The molecular weight excluding hydrogens is 306 g/mol. The SMILES string of the molecule is COc1ccc2c(c1)O/C(=C\c1ccccc1OC(F)F)C2=O. The Hall–Kier alpha value is -2.89. The lowest BCUT2D eigenvalue weighted by Gasteiger charge is -2.08. The van der Waals surface area contributed by atoms with Gasteiger partial charge in [-0.15, -0.1) is 0 Å². The van der Waals surface area contributed by atoms with Crippen molar-refractivity contribution in [3.63, 3.8) is 0 Å². The number of carbonyl (C=O) groups is 1. The fourth-order valence-corrected chi connectivity index (χ4v) is 2.24. The van der Waals surface area contributed by atoms with Gasteiger partial charge in [0, 0.05) is 11.6 Å². The van der Waals surface area contributed by atoms with Gasteiger partial charge in [-0.2, -0.15) is 8.78 Å². The van der Waals surface area contributed by atoms with Crippen LogP contribution in [0.15, 0.2) is 48.2 Å². The molecule has 23 heavy (non-hydrogen) atoms. The minimum absolute atomic E-state index is 0.0278. The summed E-state index contributed by atoms with van der Waals surface area (Å²) in [6.07, 6.45) is 1.38. The van der Waals surface area contributed by atoms with Gasteiger partial charge in [0.05, 0.1) is 12.7 Å². The largest absolute Gasteiger partial charge is 0.497 e. The highest BCUT2D eigenvalue weighted by atomic mass is 19.3. The summed E-state index contributed by atoms with van der Waals surface area (Å²) in [4.78, 5) is 12.3. The van der Waals surface area contributed by atoms with Gasteiger partial charge in [-0.25, -0.2) is 0 Å². The van der Waals surface area contributed by atoms with Crippen LogP contribution in [0.1, 0.15) is 15.9 Å². The minimum atomic E-state index is -2.95. The van der Waals surface area contributed by atoms with Gasteiger partial charge >= 0.3 is 6.61 Å². The first kappa shape index (κ1) is 15.0. The number of methoxy groups -OCH3 is 1. The molecule has 0 aliphatic carbocycles. The second-order valence-electron chi connectivity index (χ2n) is 4.72. The Morgan fingerprint density at radius 1 is 1.17 bits per heavy atom. The van der Waals surface area contributed by atoms with Crippen molar-refractivity contribution in [2.45, 2.75) is 6.61 Å². The molecule has 0 unspecified atom stereocenters. The predicted molar refractivity (Wildman–Crippen MR) is 79.0 cm³/mol. The smallest absolute Gasteiger partial charge is 0.387 e. The molecular formula is C17H12F2O4. The predicted octanol–water partition coefficient (Wildman–Crippen LogP) is 3.91. The third-order valence-electron chi connectivity index (χ3n) is 3.30. The number of ether oxygens (including phenoxy) is 3. The third-order valence-corrected chi connectivity index (χ3v) is 3.30. The van der Waals surface area contributed by atoms with Gasteiger partial charge in [0.1, 0.15) is 17.2 Å². The van der Waals surface area contributed by atoms with Crippen LogP contribution in [0.2, 0.25) is 0 Å². The van der Waals surface area contributed by atoms with Gasteiger partial charge in [0.2, 0.25) is 5.78 Å². The van der Waals surface area contributed by atoms with Crippen molar-refractivity contribution in [1.82, 2.24) is 0 Å². The Balaban J connectivity index is 1.95. The van der Waals surface area contributed by atoms with Crippen molar-refractivity contribution in [1.29, 1.82) is 0 Å². The number of benzene rings is 2. The van der Waals surface area contributed by atoms with E-state index in [2.05, 4.69) is 4.74 Å². The van der Waals surface area contributed by atoms with E-state index in [1.807, 2.05) is 0 Å². The van der Waals surface area contributed by atoms with Crippen LogP contribution < -0.4 is 14.2 Å². The number of Topliss-reactive ketones (excluding diaryl/α,β-unsaturated/α-hetero) is 1. The molecule has 0 aromatic heterocycles. The molecule has 4 nitrogen and oxygen atoms in total. The fourth-order valence-electron chi connectivity index (χ4n) is 2.24. The van der Waals surface area contributed by atoms with E-state index in [9.17, 15) is 13.6 Å². The highest BCUT2D eigenvalue weighted by molar-refractivity contribution is 6.14. The Morgan fingerprint density at radius 2 is 1.96 bits per heavy atom. The van der Waals surface area contributed by atoms with Crippen molar-refractivity contribution in [3.8, 4) is 17.2 Å². The molecule has 0 saturated heterocycles. The Morgan fingerprint density at radius 3 is 2.70 bits per heavy atom. The first-order valence-electron chi connectivity index (χ1n) is 6.74. The van der Waals surface area contributed by atoms with E-state index in [0.717, 1.165) is 0 Å². The third kappa shape index (κ3) is 3.01. The second kappa shape index (κ2) is 6.08. The Bertz CT molecular complexity index is 784. The molecule has 0 atom stereocenters. The summed E-state index contributed by atoms with van der Waals surface area (Å²) in [5, 5.41) is 0. The maximum Gasteiger partial charge on any atom is 0.387 e. The van der Waals surface area contributed by atoms with Crippen molar-refractivity contribution < 1.29 is 27.8 Å². The Kier molecular flexibility index (Phi) is 3.97. The molecule has 0 radical (unpaired) electrons. The van der Waals surface area contributed by atoms with Crippen LogP contribution in [0.5, 0.6) is 17.2 Å². The molecule has 1 heterocycles. The first-order valence-corrected chi connectivity index (χ1v) is 6.74. The number of ketones is 1. The summed E-state index contributed by atoms with van der Waals surface area (Å²) in [6.45, 7) is -2.95. The average molecular weight is 318 g/mol. The summed E-state index contributed by atoms with van der Waals surface area (Å²) in [7, 11) is 1.51. The molecule has 0 N–H and O–H groups in total. The normalized spacial score (nSPS) is 14.8. The number of carbonyl (C=O) groups excluding carboxylic acids is 1. The monoisotopic (exact) mass is 318 g/mol. The molecule has 0 saturated carbocycles. The first-order chi connectivity index (χ1) is 11.1. The van der Waals surface area contributed by atoms with E-state index in [0.29, 0.717) is 22.6 Å². The summed E-state index contributed by atoms with van der Waals surface area (Å²) in [5.74, 6) is 0.611. The summed E-state index contributed by atoms with van der Waals surface area (Å²) >= 11 is 0. The van der Waals surface area contributed by atoms with Crippen LogP contribution in [0.4, 0.5) is 8.78 Å². The average Bonchev–Trinajstić information content (AvgIpc) is 2.84. The molecule has 2 aromatic rings. The molecule has 3 rings (SSSR count). The molecule has 0 fully saturated rings. The number of hydrogen-bond donors (Lipinski definition) is 0. The number of para-hydroxylation sites is 1. The molecule has 0 spiro atoms. The van der Waals surface area contributed by atoms with Crippen LogP contribution >= 0.6 is 0 Å². The van der Waals surface area contributed by atoms with Crippen LogP contribution in [0.25, 0.3) is 6.08 Å². The number of alkyl halides is 2. The lowest BCUT2D eigenvalue weighted by atomic mass is 10.1. The molecule has 6 heteroatoms. The highest BCUT2D eigenvalue weighted by Gasteiger charge is 2.28. The van der Waals surface area contributed by atoms with Crippen molar-refractivity contribution in [2.24, 2.45) is 0 Å². The van der Waals surface area contributed by atoms with E-state index in [4.69, 9.17) is 9.47 Å². The van der Waals surface area contributed by atoms with Crippen molar-refractivity contribution in [3.05, 3.63) is 59.4 Å². The molecule has 0 bridgehead atoms. The van der Waals surface area contributed by atoms with E-state index in [1.54, 1.807) is 36.4 Å². The molecule has 118 valence electrons. The van der Waals surface area contributed by atoms with Crippen LogP contribution in [0, 0.1) is 0 Å². The van der Waals surface area contributed by atoms with Gasteiger partial charge in [-0.1, -0.05) is 18.2 Å². The summed E-state index contributed by atoms with van der Waals surface area (Å²) in [5.41, 5.74) is 0.722. The van der Waals surface area contributed by atoms with E-state index < -0.39 is 6.61 Å². The fraction of sp³-hybridized carbons (Fsp3) is 0.118. The maximum absolute atomic E-state index is 12.4. The van der Waals surface area contributed by atoms with Gasteiger partial charge in [0.25, 0.3) is 0 Å². The lowest BCUT2D eigenvalue weighted by Crippen LogP contribution is -2.04. The van der Waals surface area contributed by atoms with E-state index in [1.165, 1.54) is 19.3 Å². The molecule has 1 aliphatic heterocycles. The zero-order chi connectivity index (χ0) is 16.4. The summed E-state index contributed by atoms with van der Waals surface area (Å²) < 4.78 is 39.9. The zero-order valence-corrected chi connectivity index (χ0v) is 12.1. The number of halogens is 2. The number of fused-ring (bicyclic) bond motifs is 1. The van der Waals surface area contributed by atoms with Crippen LogP contribution in [-0.2, 0) is 0 Å². The van der Waals surface area contributed by atoms with Crippen LogP contribution in [0.3, 0.4) is 0 Å². The quantitative estimate of drug-likeness (QED) is 0.802. The molecule has 1 aliphatic rings. The summed E-state index contributed by atoms with van der Waals surface area (Å²) in [6, 6.07) is 11.0. The van der Waals surface area contributed by atoms with Crippen LogP contribution in [-0.4, -0.2) is 19.5 Å². The van der Waals surface area contributed by atoms with E-state index >= 15 is 0 Å². The topological polar surface area (TPSA) is 44.8 Å². The van der Waals surface area contributed by atoms with Gasteiger partial charge in [-0.05, 0) is 24.3 Å². The van der Waals surface area contributed by atoms with Crippen molar-refractivity contribution >= 4 is 11.9 Å². The van der Waals surface area contributed by atoms with Gasteiger partial charge in [0.15, 0.2) is 5.76 Å². The second-order valence-corrected chi connectivity index (χ2v) is 4.72. The molecule has 0 amide bonds. The Labute approximate surface area is 130 Å². The highest BCUT2D eigenvalue weighted by Crippen LogP contribution is 2.35. The van der Waals surface area contributed by atoms with E-state index in [-0.39, 0.29) is 17.3 Å². The maximum atomic E-state index is 12.4. The lowest BCUT2D eigenvalue weighted by molar-refractivity contribution is -0.0499. The molecule has 2 aromatic carbocycles. The zero-order valence-electron chi connectivity index (χ0n) is 12.1. The standard InChI is InChI=1S/C17H12F2O4/c1-21-11-6-7-12-14(9-11)22-15(16(12)20)8-10-4-2-3-5-13(10)23-17(18)19/h2-9,17H,1H3/b15-8-. The van der Waals surface area contributed by atoms with Gasteiger partial charge < -0.3 is 14.2 Å².